The molecule has 0 bridgehead atoms. The first-order chi connectivity index (χ1) is 13.5. The molecule has 1 N–H and O–H groups in total. The van der Waals surface area contributed by atoms with Crippen molar-refractivity contribution in [3.63, 3.8) is 0 Å². The Morgan fingerprint density at radius 2 is 1.79 bits per heavy atom. The number of ketones is 1. The number of anilines is 2. The number of hydrogen-bond acceptors (Lipinski definition) is 4. The Morgan fingerprint density at radius 3 is 2.46 bits per heavy atom. The van der Waals surface area contributed by atoms with E-state index in [4.69, 9.17) is 4.74 Å². The number of rotatable bonds is 7. The van der Waals surface area contributed by atoms with Crippen LogP contribution in [0.4, 0.5) is 11.4 Å². The molecule has 1 aliphatic heterocycles. The van der Waals surface area contributed by atoms with Gasteiger partial charge in [0.2, 0.25) is 5.91 Å². The minimum atomic E-state index is -0.157. The van der Waals surface area contributed by atoms with Crippen LogP contribution in [0.25, 0.3) is 0 Å². The molecule has 3 rings (SSSR count). The first-order valence-corrected chi connectivity index (χ1v) is 9.87. The number of ether oxygens (including phenoxy) is 1. The second kappa shape index (κ2) is 9.40. The second-order valence-corrected chi connectivity index (χ2v) is 7.42. The average molecular weight is 380 g/mol. The fourth-order valence-electron chi connectivity index (χ4n) is 3.41. The molecule has 0 unspecified atom stereocenters. The molecule has 1 amide bonds. The van der Waals surface area contributed by atoms with Crippen molar-refractivity contribution in [3.05, 3.63) is 54.1 Å². The number of piperidine rings is 1. The molecule has 28 heavy (non-hydrogen) atoms. The molecule has 2 aromatic carbocycles. The van der Waals surface area contributed by atoms with Crippen LogP contribution in [0, 0.1) is 5.92 Å². The molecule has 2 aromatic rings. The fourth-order valence-corrected chi connectivity index (χ4v) is 3.41. The van der Waals surface area contributed by atoms with E-state index in [2.05, 4.69) is 17.1 Å². The van der Waals surface area contributed by atoms with Gasteiger partial charge in [-0.1, -0.05) is 19.1 Å². The average Bonchev–Trinajstić information content (AvgIpc) is 2.73. The van der Waals surface area contributed by atoms with Gasteiger partial charge in [-0.2, -0.15) is 0 Å². The van der Waals surface area contributed by atoms with Gasteiger partial charge < -0.3 is 15.0 Å². The molecule has 0 atom stereocenters. The van der Waals surface area contributed by atoms with E-state index in [0.717, 1.165) is 24.7 Å². The van der Waals surface area contributed by atoms with Gasteiger partial charge in [0.1, 0.15) is 5.75 Å². The number of hydrogen-bond donors (Lipinski definition) is 1. The van der Waals surface area contributed by atoms with Gasteiger partial charge in [-0.3, -0.25) is 9.59 Å². The molecule has 0 aromatic heterocycles. The number of nitrogens with zero attached hydrogens (tertiary/aromatic N) is 1. The summed E-state index contributed by atoms with van der Waals surface area (Å²) in [6.45, 7) is 4.47. The smallest absolute Gasteiger partial charge is 0.224 e. The summed E-state index contributed by atoms with van der Waals surface area (Å²) in [6, 6.07) is 14.9. The van der Waals surface area contributed by atoms with Crippen molar-refractivity contribution in [1.29, 1.82) is 0 Å². The molecule has 5 heteroatoms. The van der Waals surface area contributed by atoms with E-state index in [1.807, 2.05) is 24.3 Å². The topological polar surface area (TPSA) is 58.6 Å². The zero-order valence-electron chi connectivity index (χ0n) is 16.6. The molecule has 1 aliphatic rings. The summed E-state index contributed by atoms with van der Waals surface area (Å²) in [4.78, 5) is 26.9. The Kier molecular flexibility index (Phi) is 6.69. The number of Topliss-reactive ketones (excluding diaryl/α,β-unsaturated/α-hetero) is 1. The minimum absolute atomic E-state index is 0.0660. The van der Waals surface area contributed by atoms with Crippen molar-refractivity contribution in [2.24, 2.45) is 5.92 Å². The van der Waals surface area contributed by atoms with Crippen LogP contribution in [0.5, 0.6) is 5.75 Å². The summed E-state index contributed by atoms with van der Waals surface area (Å²) in [6.07, 6.45) is 2.77. The third kappa shape index (κ3) is 5.35. The molecule has 5 nitrogen and oxygen atoms in total. The number of benzene rings is 2. The molecular formula is C23H28N2O3. The van der Waals surface area contributed by atoms with E-state index in [-0.39, 0.29) is 24.5 Å². The first kappa shape index (κ1) is 19.9. The van der Waals surface area contributed by atoms with Crippen LogP contribution in [0.15, 0.2) is 48.5 Å². The fraction of sp³-hybridized carbons (Fsp3) is 0.391. The Bertz CT molecular complexity index is 809. The van der Waals surface area contributed by atoms with E-state index < -0.39 is 0 Å². The van der Waals surface area contributed by atoms with Crippen LogP contribution >= 0.6 is 0 Å². The number of carbonyl (C=O) groups is 2. The van der Waals surface area contributed by atoms with E-state index in [9.17, 15) is 9.59 Å². The third-order valence-corrected chi connectivity index (χ3v) is 5.27. The highest BCUT2D eigenvalue weighted by molar-refractivity contribution is 6.00. The SMILES string of the molecule is COc1cccc(C(=O)CCC(=O)Nc2ccc(N3CCC(C)CC3)cc2)c1. The lowest BCUT2D eigenvalue weighted by Crippen LogP contribution is -2.32. The van der Waals surface area contributed by atoms with Gasteiger partial charge >= 0.3 is 0 Å². The van der Waals surface area contributed by atoms with Crippen LogP contribution in [0.2, 0.25) is 0 Å². The van der Waals surface area contributed by atoms with E-state index in [1.165, 1.54) is 18.5 Å². The predicted molar refractivity (Wildman–Crippen MR) is 112 cm³/mol. The van der Waals surface area contributed by atoms with Gasteiger partial charge in [0.25, 0.3) is 0 Å². The maximum absolute atomic E-state index is 12.3. The minimum Gasteiger partial charge on any atom is -0.497 e. The monoisotopic (exact) mass is 380 g/mol. The lowest BCUT2D eigenvalue weighted by atomic mass is 9.99. The van der Waals surface area contributed by atoms with Gasteiger partial charge in [-0.05, 0) is 55.2 Å². The first-order valence-electron chi connectivity index (χ1n) is 9.87. The molecule has 1 saturated heterocycles. The van der Waals surface area contributed by atoms with Crippen molar-refractivity contribution < 1.29 is 14.3 Å². The van der Waals surface area contributed by atoms with E-state index >= 15 is 0 Å². The molecule has 0 aliphatic carbocycles. The quantitative estimate of drug-likeness (QED) is 0.717. The molecule has 0 radical (unpaired) electrons. The Hall–Kier alpha value is -2.82. The number of methoxy groups -OCH3 is 1. The van der Waals surface area contributed by atoms with Crippen molar-refractivity contribution in [3.8, 4) is 5.75 Å². The van der Waals surface area contributed by atoms with Crippen molar-refractivity contribution in [1.82, 2.24) is 0 Å². The van der Waals surface area contributed by atoms with E-state index in [1.54, 1.807) is 31.4 Å². The van der Waals surface area contributed by atoms with Crippen LogP contribution in [0.3, 0.4) is 0 Å². The van der Waals surface area contributed by atoms with Crippen molar-refractivity contribution >= 4 is 23.1 Å². The normalized spacial score (nSPS) is 14.6. The van der Waals surface area contributed by atoms with Crippen molar-refractivity contribution in [2.45, 2.75) is 32.6 Å². The maximum atomic E-state index is 12.3. The summed E-state index contributed by atoms with van der Waals surface area (Å²) in [5.41, 5.74) is 2.51. The summed E-state index contributed by atoms with van der Waals surface area (Å²) >= 11 is 0. The molecule has 148 valence electrons. The molecule has 0 spiro atoms. The lowest BCUT2D eigenvalue weighted by molar-refractivity contribution is -0.116. The predicted octanol–water partition coefficient (Wildman–Crippen LogP) is 4.53. The maximum Gasteiger partial charge on any atom is 0.224 e. The van der Waals surface area contributed by atoms with E-state index in [0.29, 0.717) is 11.3 Å². The van der Waals surface area contributed by atoms with Gasteiger partial charge in [-0.25, -0.2) is 0 Å². The highest BCUT2D eigenvalue weighted by atomic mass is 16.5. The Balaban J connectivity index is 1.48. The zero-order valence-corrected chi connectivity index (χ0v) is 16.6. The van der Waals surface area contributed by atoms with Crippen LogP contribution in [-0.4, -0.2) is 31.9 Å². The highest BCUT2D eigenvalue weighted by Crippen LogP contribution is 2.24. The Morgan fingerprint density at radius 1 is 1.07 bits per heavy atom. The van der Waals surface area contributed by atoms with Crippen LogP contribution in [-0.2, 0) is 4.79 Å². The lowest BCUT2D eigenvalue weighted by Gasteiger charge is -2.32. The van der Waals surface area contributed by atoms with Crippen molar-refractivity contribution in [2.75, 3.05) is 30.4 Å². The zero-order chi connectivity index (χ0) is 19.9. The second-order valence-electron chi connectivity index (χ2n) is 7.42. The highest BCUT2D eigenvalue weighted by Gasteiger charge is 2.16. The summed E-state index contributed by atoms with van der Waals surface area (Å²) in [5.74, 6) is 1.22. The molecular weight excluding hydrogens is 352 g/mol. The summed E-state index contributed by atoms with van der Waals surface area (Å²) in [5, 5.41) is 2.87. The van der Waals surface area contributed by atoms with Gasteiger partial charge in [0.05, 0.1) is 7.11 Å². The number of nitrogens with one attached hydrogen (secondary N) is 1. The Labute approximate surface area is 166 Å². The largest absolute Gasteiger partial charge is 0.497 e. The summed E-state index contributed by atoms with van der Waals surface area (Å²) in [7, 11) is 1.56. The van der Waals surface area contributed by atoms with Gasteiger partial charge in [-0.15, -0.1) is 0 Å². The van der Waals surface area contributed by atoms with Gasteiger partial charge in [0, 0.05) is 42.9 Å². The van der Waals surface area contributed by atoms with Crippen LogP contribution < -0.4 is 15.0 Å². The summed E-state index contributed by atoms with van der Waals surface area (Å²) < 4.78 is 5.13. The number of amides is 1. The molecule has 1 fully saturated rings. The third-order valence-electron chi connectivity index (χ3n) is 5.27. The van der Waals surface area contributed by atoms with Crippen LogP contribution in [0.1, 0.15) is 43.0 Å². The standard InChI is InChI=1S/C23H28N2O3/c1-17-12-14-25(15-13-17)20-8-6-19(7-9-20)24-23(27)11-10-22(26)18-4-3-5-21(16-18)28-2/h3-9,16-17H,10-15H2,1-2H3,(H,24,27). The molecule has 1 heterocycles. The number of carbonyl (C=O) groups excluding carboxylic acids is 2. The van der Waals surface area contributed by atoms with Gasteiger partial charge in [0.15, 0.2) is 5.78 Å². The molecule has 0 saturated carbocycles.